The lowest BCUT2D eigenvalue weighted by Gasteiger charge is -2.22. The van der Waals surface area contributed by atoms with Crippen LogP contribution in [0.1, 0.15) is 18.4 Å². The highest BCUT2D eigenvalue weighted by atomic mass is 16.2. The number of carbonyl (C=O) groups is 1. The van der Waals surface area contributed by atoms with Crippen LogP contribution in [0.25, 0.3) is 0 Å². The van der Waals surface area contributed by atoms with Crippen LogP contribution in [0.5, 0.6) is 0 Å². The molecule has 1 fully saturated rings. The largest absolute Gasteiger partial charge is 0.350 e. The maximum Gasteiger partial charge on any atom is 0.242 e. The van der Waals surface area contributed by atoms with Crippen LogP contribution in [0.15, 0.2) is 18.3 Å². The van der Waals surface area contributed by atoms with Crippen LogP contribution in [0.3, 0.4) is 0 Å². The lowest BCUT2D eigenvalue weighted by molar-refractivity contribution is -0.128. The van der Waals surface area contributed by atoms with Crippen LogP contribution in [-0.2, 0) is 11.3 Å². The Balaban J connectivity index is 1.97. The van der Waals surface area contributed by atoms with E-state index >= 15 is 0 Å². The van der Waals surface area contributed by atoms with E-state index in [-0.39, 0.29) is 5.91 Å². The van der Waals surface area contributed by atoms with Gasteiger partial charge in [0.15, 0.2) is 0 Å². The van der Waals surface area contributed by atoms with Gasteiger partial charge in [0.25, 0.3) is 0 Å². The van der Waals surface area contributed by atoms with Crippen molar-refractivity contribution >= 4 is 11.7 Å². The second-order valence-corrected chi connectivity index (χ2v) is 4.67. The van der Waals surface area contributed by atoms with E-state index in [1.165, 1.54) is 0 Å². The molecule has 0 spiro atoms. The van der Waals surface area contributed by atoms with Gasteiger partial charge in [0.1, 0.15) is 5.82 Å². The van der Waals surface area contributed by atoms with Gasteiger partial charge < -0.3 is 15.5 Å². The van der Waals surface area contributed by atoms with Gasteiger partial charge >= 0.3 is 0 Å². The topological polar surface area (TPSA) is 62.5 Å². The zero-order chi connectivity index (χ0) is 13.0. The third-order valence-electron chi connectivity index (χ3n) is 3.27. The average Bonchev–Trinajstić information content (AvgIpc) is 2.92. The van der Waals surface area contributed by atoms with E-state index in [1.54, 1.807) is 6.20 Å². The van der Waals surface area contributed by atoms with Crippen LogP contribution in [0.2, 0.25) is 0 Å². The summed E-state index contributed by atoms with van der Waals surface area (Å²) in [5, 5.41) is 0. The Morgan fingerprint density at radius 3 is 2.89 bits per heavy atom. The molecular weight excluding hydrogens is 228 g/mol. The van der Waals surface area contributed by atoms with E-state index < -0.39 is 0 Å². The fourth-order valence-electron chi connectivity index (χ4n) is 2.15. The molecule has 1 amide bonds. The first kappa shape index (κ1) is 12.8. The normalized spacial score (nSPS) is 14.9. The van der Waals surface area contributed by atoms with Crippen molar-refractivity contribution < 1.29 is 4.79 Å². The molecule has 0 bridgehead atoms. The summed E-state index contributed by atoms with van der Waals surface area (Å²) in [6.45, 7) is 2.65. The Morgan fingerprint density at radius 1 is 1.50 bits per heavy atom. The molecule has 2 heterocycles. The van der Waals surface area contributed by atoms with Crippen molar-refractivity contribution in [2.75, 3.05) is 31.6 Å². The predicted molar refractivity (Wildman–Crippen MR) is 71.2 cm³/mol. The molecule has 0 atom stereocenters. The first-order valence-electron chi connectivity index (χ1n) is 6.34. The quantitative estimate of drug-likeness (QED) is 0.847. The zero-order valence-electron chi connectivity index (χ0n) is 10.8. The van der Waals surface area contributed by atoms with Gasteiger partial charge in [0.2, 0.25) is 5.91 Å². The maximum absolute atomic E-state index is 12.0. The molecule has 2 rings (SSSR count). The molecule has 5 nitrogen and oxygen atoms in total. The average molecular weight is 248 g/mol. The van der Waals surface area contributed by atoms with Crippen molar-refractivity contribution in [1.82, 2.24) is 9.88 Å². The molecule has 1 aliphatic heterocycles. The van der Waals surface area contributed by atoms with E-state index in [0.717, 1.165) is 37.3 Å². The van der Waals surface area contributed by atoms with E-state index in [1.807, 2.05) is 29.0 Å². The van der Waals surface area contributed by atoms with Gasteiger partial charge in [0.05, 0.1) is 6.54 Å². The molecule has 2 N–H and O–H groups in total. The Morgan fingerprint density at radius 2 is 2.22 bits per heavy atom. The molecule has 18 heavy (non-hydrogen) atoms. The van der Waals surface area contributed by atoms with Gasteiger partial charge in [-0.15, -0.1) is 0 Å². The highest BCUT2D eigenvalue weighted by molar-refractivity contribution is 5.81. The van der Waals surface area contributed by atoms with Gasteiger partial charge in [-0.1, -0.05) is 0 Å². The highest BCUT2D eigenvalue weighted by Crippen LogP contribution is 2.12. The Hall–Kier alpha value is -1.62. The number of hydrogen-bond acceptors (Lipinski definition) is 4. The van der Waals surface area contributed by atoms with Crippen molar-refractivity contribution in [1.29, 1.82) is 0 Å². The van der Waals surface area contributed by atoms with Gasteiger partial charge in [-0.05, 0) is 30.5 Å². The number of likely N-dealkylation sites (N-methyl/N-ethyl adjacent to an activating group) is 1. The lowest BCUT2D eigenvalue weighted by Crippen LogP contribution is -2.37. The summed E-state index contributed by atoms with van der Waals surface area (Å²) in [6, 6.07) is 3.82. The van der Waals surface area contributed by atoms with Crippen LogP contribution in [0.4, 0.5) is 5.82 Å². The van der Waals surface area contributed by atoms with Crippen LogP contribution in [0, 0.1) is 0 Å². The van der Waals surface area contributed by atoms with E-state index in [9.17, 15) is 4.79 Å². The molecular formula is C13H20N4O. The standard InChI is InChI=1S/C13H20N4O/c1-16(10-13(18)17-6-2-3-7-17)12-8-11(9-14)4-5-15-12/h4-5,8H,2-3,6-7,9-10,14H2,1H3. The molecule has 0 aliphatic carbocycles. The number of pyridine rings is 1. The molecule has 1 aliphatic rings. The lowest BCUT2D eigenvalue weighted by atomic mass is 10.2. The minimum Gasteiger partial charge on any atom is -0.350 e. The van der Waals surface area contributed by atoms with Crippen molar-refractivity contribution in [2.24, 2.45) is 5.73 Å². The molecule has 1 saturated heterocycles. The predicted octanol–water partition coefficient (Wildman–Crippen LogP) is 0.599. The number of anilines is 1. The molecule has 0 saturated carbocycles. The Kier molecular flexibility index (Phi) is 4.15. The monoisotopic (exact) mass is 248 g/mol. The maximum atomic E-state index is 12.0. The molecule has 0 aromatic carbocycles. The molecule has 98 valence electrons. The summed E-state index contributed by atoms with van der Waals surface area (Å²) in [7, 11) is 1.89. The number of amides is 1. The second-order valence-electron chi connectivity index (χ2n) is 4.67. The summed E-state index contributed by atoms with van der Waals surface area (Å²) in [6.07, 6.45) is 3.97. The van der Waals surface area contributed by atoms with Crippen LogP contribution < -0.4 is 10.6 Å². The van der Waals surface area contributed by atoms with Gasteiger partial charge in [-0.3, -0.25) is 4.79 Å². The smallest absolute Gasteiger partial charge is 0.242 e. The highest BCUT2D eigenvalue weighted by Gasteiger charge is 2.19. The summed E-state index contributed by atoms with van der Waals surface area (Å²) >= 11 is 0. The number of nitrogens with two attached hydrogens (primary N) is 1. The van der Waals surface area contributed by atoms with Crippen molar-refractivity contribution in [3.63, 3.8) is 0 Å². The number of nitrogens with zero attached hydrogens (tertiary/aromatic N) is 3. The minimum atomic E-state index is 0.176. The molecule has 5 heteroatoms. The van der Waals surface area contributed by atoms with Crippen LogP contribution >= 0.6 is 0 Å². The van der Waals surface area contributed by atoms with Gasteiger partial charge in [-0.25, -0.2) is 4.98 Å². The van der Waals surface area contributed by atoms with Gasteiger partial charge in [-0.2, -0.15) is 0 Å². The minimum absolute atomic E-state index is 0.176. The first-order chi connectivity index (χ1) is 8.70. The number of aromatic nitrogens is 1. The number of likely N-dealkylation sites (tertiary alicyclic amines) is 1. The van der Waals surface area contributed by atoms with Crippen molar-refractivity contribution in [3.05, 3.63) is 23.9 Å². The van der Waals surface area contributed by atoms with E-state index in [2.05, 4.69) is 4.98 Å². The third-order valence-corrected chi connectivity index (χ3v) is 3.27. The number of rotatable bonds is 4. The third kappa shape index (κ3) is 2.98. The van der Waals surface area contributed by atoms with E-state index in [0.29, 0.717) is 13.1 Å². The molecule has 1 aromatic rings. The first-order valence-corrected chi connectivity index (χ1v) is 6.34. The fraction of sp³-hybridized carbons (Fsp3) is 0.538. The Bertz CT molecular complexity index is 415. The summed E-state index contributed by atoms with van der Waals surface area (Å²) in [5.74, 6) is 0.973. The van der Waals surface area contributed by atoms with Crippen LogP contribution in [-0.4, -0.2) is 42.5 Å². The van der Waals surface area contributed by atoms with Crippen molar-refractivity contribution in [3.8, 4) is 0 Å². The number of hydrogen-bond donors (Lipinski definition) is 1. The fourth-order valence-corrected chi connectivity index (χ4v) is 2.15. The zero-order valence-corrected chi connectivity index (χ0v) is 10.8. The Labute approximate surface area is 108 Å². The van der Waals surface area contributed by atoms with Gasteiger partial charge in [0, 0.05) is 32.9 Å². The molecule has 0 unspecified atom stereocenters. The summed E-state index contributed by atoms with van der Waals surface area (Å²) in [4.78, 5) is 20.1. The second kappa shape index (κ2) is 5.82. The molecule has 0 radical (unpaired) electrons. The van der Waals surface area contributed by atoms with E-state index in [4.69, 9.17) is 5.73 Å². The number of carbonyl (C=O) groups excluding carboxylic acids is 1. The summed E-state index contributed by atoms with van der Waals surface area (Å²) in [5.41, 5.74) is 6.63. The molecule has 1 aromatic heterocycles. The summed E-state index contributed by atoms with van der Waals surface area (Å²) < 4.78 is 0. The van der Waals surface area contributed by atoms with Crippen molar-refractivity contribution in [2.45, 2.75) is 19.4 Å². The SMILES string of the molecule is CN(CC(=O)N1CCCC1)c1cc(CN)ccn1.